The van der Waals surface area contributed by atoms with Gasteiger partial charge in [0.2, 0.25) is 5.91 Å². The summed E-state index contributed by atoms with van der Waals surface area (Å²) in [6.45, 7) is 2.36. The van der Waals surface area contributed by atoms with Crippen LogP contribution in [0.5, 0.6) is 0 Å². The molecule has 8 heteroatoms. The molecule has 1 saturated heterocycles. The van der Waals surface area contributed by atoms with Crippen molar-refractivity contribution >= 4 is 11.8 Å². The van der Waals surface area contributed by atoms with Crippen LogP contribution in [0.25, 0.3) is 0 Å². The molecule has 8 nitrogen and oxygen atoms in total. The normalized spacial score (nSPS) is 18.4. The molecule has 2 aromatic rings. The Morgan fingerprint density at radius 1 is 1.50 bits per heavy atom. The lowest BCUT2D eigenvalue weighted by molar-refractivity contribution is -0.122. The standard InChI is InChI=1S/C16H21N5O3/c17-16(23)14-7-13(19-20-14)11-3-1-5-21(9-11)10-15(22)18-8-12-4-2-6-24-12/h2,4,6-7,11H,1,3,5,8-10H2,(H2,17,23)(H,18,22)(H,19,20). The van der Waals surface area contributed by atoms with Gasteiger partial charge in [0.25, 0.3) is 5.91 Å². The highest BCUT2D eigenvalue weighted by molar-refractivity contribution is 5.90. The summed E-state index contributed by atoms with van der Waals surface area (Å²) in [6.07, 6.45) is 3.56. The van der Waals surface area contributed by atoms with Gasteiger partial charge in [0, 0.05) is 18.2 Å². The number of hydrogen-bond donors (Lipinski definition) is 3. The van der Waals surface area contributed by atoms with Crippen molar-refractivity contribution in [3.63, 3.8) is 0 Å². The van der Waals surface area contributed by atoms with Gasteiger partial charge < -0.3 is 15.5 Å². The molecular weight excluding hydrogens is 310 g/mol. The van der Waals surface area contributed by atoms with E-state index in [1.165, 1.54) is 0 Å². The number of furan rings is 1. The molecule has 1 aliphatic rings. The van der Waals surface area contributed by atoms with Crippen LogP contribution in [-0.4, -0.2) is 46.5 Å². The van der Waals surface area contributed by atoms with Crippen LogP contribution < -0.4 is 11.1 Å². The Morgan fingerprint density at radius 3 is 3.08 bits per heavy atom. The lowest BCUT2D eigenvalue weighted by Gasteiger charge is -2.31. The summed E-state index contributed by atoms with van der Waals surface area (Å²) in [5, 5.41) is 9.66. The lowest BCUT2D eigenvalue weighted by atomic mass is 9.94. The SMILES string of the molecule is NC(=O)c1cc(C2CCCN(CC(=O)NCc3ccco3)C2)[nH]n1. The molecule has 1 fully saturated rings. The summed E-state index contributed by atoms with van der Waals surface area (Å²) in [7, 11) is 0. The number of likely N-dealkylation sites (tertiary alicyclic amines) is 1. The number of nitrogens with zero attached hydrogens (tertiary/aromatic N) is 2. The zero-order valence-corrected chi connectivity index (χ0v) is 13.3. The molecule has 0 radical (unpaired) electrons. The minimum Gasteiger partial charge on any atom is -0.467 e. The number of hydrogen-bond acceptors (Lipinski definition) is 5. The Hall–Kier alpha value is -2.61. The van der Waals surface area contributed by atoms with Crippen LogP contribution in [0.3, 0.4) is 0 Å². The molecular formula is C16H21N5O3. The van der Waals surface area contributed by atoms with Gasteiger partial charge in [0.15, 0.2) is 0 Å². The molecule has 0 bridgehead atoms. The van der Waals surface area contributed by atoms with Crippen molar-refractivity contribution in [2.24, 2.45) is 5.73 Å². The molecule has 1 atom stereocenters. The number of nitrogens with two attached hydrogens (primary N) is 1. The Balaban J connectivity index is 1.51. The predicted molar refractivity (Wildman–Crippen MR) is 86.1 cm³/mol. The van der Waals surface area contributed by atoms with Gasteiger partial charge in [-0.05, 0) is 37.6 Å². The highest BCUT2D eigenvalue weighted by Crippen LogP contribution is 2.25. The number of aromatic nitrogens is 2. The number of carbonyl (C=O) groups excluding carboxylic acids is 2. The largest absolute Gasteiger partial charge is 0.467 e. The van der Waals surface area contributed by atoms with Crippen molar-refractivity contribution in [2.45, 2.75) is 25.3 Å². The monoisotopic (exact) mass is 331 g/mol. The van der Waals surface area contributed by atoms with Crippen LogP contribution in [0.1, 0.15) is 40.7 Å². The van der Waals surface area contributed by atoms with Gasteiger partial charge in [-0.25, -0.2) is 0 Å². The predicted octanol–water partition coefficient (Wildman–Crippen LogP) is 0.597. The van der Waals surface area contributed by atoms with Crippen molar-refractivity contribution in [2.75, 3.05) is 19.6 Å². The first kappa shape index (κ1) is 16.3. The third-order valence-corrected chi connectivity index (χ3v) is 4.20. The number of carbonyl (C=O) groups is 2. The molecule has 24 heavy (non-hydrogen) atoms. The quantitative estimate of drug-likeness (QED) is 0.716. The van der Waals surface area contributed by atoms with E-state index in [0.29, 0.717) is 13.1 Å². The Bertz CT molecular complexity index is 694. The van der Waals surface area contributed by atoms with Crippen molar-refractivity contribution in [3.8, 4) is 0 Å². The third kappa shape index (κ3) is 4.02. The molecule has 1 aliphatic heterocycles. The molecule has 3 rings (SSSR count). The number of amides is 2. The highest BCUT2D eigenvalue weighted by Gasteiger charge is 2.24. The molecule has 0 aromatic carbocycles. The molecule has 0 saturated carbocycles. The summed E-state index contributed by atoms with van der Waals surface area (Å²) in [5.74, 6) is 0.380. The summed E-state index contributed by atoms with van der Waals surface area (Å²) < 4.78 is 5.19. The van der Waals surface area contributed by atoms with Crippen LogP contribution in [0, 0.1) is 0 Å². The van der Waals surface area contributed by atoms with E-state index in [1.807, 2.05) is 6.07 Å². The van der Waals surface area contributed by atoms with E-state index in [0.717, 1.165) is 37.4 Å². The Kier molecular flexibility index (Phi) is 4.95. The number of nitrogens with one attached hydrogen (secondary N) is 2. The van der Waals surface area contributed by atoms with Gasteiger partial charge in [-0.2, -0.15) is 5.10 Å². The van der Waals surface area contributed by atoms with Crippen LogP contribution in [0.2, 0.25) is 0 Å². The molecule has 2 amide bonds. The minimum atomic E-state index is -0.539. The maximum absolute atomic E-state index is 12.1. The maximum atomic E-state index is 12.1. The smallest absolute Gasteiger partial charge is 0.269 e. The van der Waals surface area contributed by atoms with Crippen LogP contribution in [-0.2, 0) is 11.3 Å². The molecule has 3 heterocycles. The lowest BCUT2D eigenvalue weighted by Crippen LogP contribution is -2.41. The third-order valence-electron chi connectivity index (χ3n) is 4.20. The summed E-state index contributed by atoms with van der Waals surface area (Å²) in [6, 6.07) is 5.32. The summed E-state index contributed by atoms with van der Waals surface area (Å²) >= 11 is 0. The molecule has 1 unspecified atom stereocenters. The Morgan fingerprint density at radius 2 is 2.38 bits per heavy atom. The zero-order chi connectivity index (χ0) is 16.9. The number of H-pyrrole nitrogens is 1. The molecule has 0 aliphatic carbocycles. The number of rotatable bonds is 6. The van der Waals surface area contributed by atoms with Gasteiger partial charge in [-0.15, -0.1) is 0 Å². The maximum Gasteiger partial charge on any atom is 0.269 e. The van der Waals surface area contributed by atoms with E-state index < -0.39 is 5.91 Å². The van der Waals surface area contributed by atoms with E-state index >= 15 is 0 Å². The molecule has 0 spiro atoms. The molecule has 128 valence electrons. The van der Waals surface area contributed by atoms with Gasteiger partial charge in [-0.1, -0.05) is 0 Å². The Labute approximate surface area is 139 Å². The first-order valence-corrected chi connectivity index (χ1v) is 7.98. The average molecular weight is 331 g/mol. The molecule has 2 aromatic heterocycles. The van der Waals surface area contributed by atoms with Gasteiger partial charge in [-0.3, -0.25) is 19.6 Å². The first-order chi connectivity index (χ1) is 11.6. The fourth-order valence-electron chi connectivity index (χ4n) is 2.98. The topological polar surface area (TPSA) is 117 Å². The van der Waals surface area contributed by atoms with Crippen LogP contribution in [0.15, 0.2) is 28.9 Å². The van der Waals surface area contributed by atoms with Gasteiger partial charge >= 0.3 is 0 Å². The van der Waals surface area contributed by atoms with E-state index in [2.05, 4.69) is 20.4 Å². The highest BCUT2D eigenvalue weighted by atomic mass is 16.3. The average Bonchev–Trinajstić information content (AvgIpc) is 3.25. The summed E-state index contributed by atoms with van der Waals surface area (Å²) in [5.41, 5.74) is 6.37. The van der Waals surface area contributed by atoms with Crippen LogP contribution >= 0.6 is 0 Å². The second-order valence-corrected chi connectivity index (χ2v) is 6.00. The van der Waals surface area contributed by atoms with Gasteiger partial charge in [0.1, 0.15) is 11.5 Å². The van der Waals surface area contributed by atoms with E-state index in [1.54, 1.807) is 18.4 Å². The second kappa shape index (κ2) is 7.31. The van der Waals surface area contributed by atoms with E-state index in [9.17, 15) is 9.59 Å². The van der Waals surface area contributed by atoms with Crippen LogP contribution in [0.4, 0.5) is 0 Å². The minimum absolute atomic E-state index is 0.0329. The van der Waals surface area contributed by atoms with Gasteiger partial charge in [0.05, 0.1) is 19.4 Å². The number of aromatic amines is 1. The van der Waals surface area contributed by atoms with E-state index in [4.69, 9.17) is 10.2 Å². The van der Waals surface area contributed by atoms with Crippen molar-refractivity contribution in [1.29, 1.82) is 0 Å². The fraction of sp³-hybridized carbons (Fsp3) is 0.438. The first-order valence-electron chi connectivity index (χ1n) is 7.98. The zero-order valence-electron chi connectivity index (χ0n) is 13.3. The van der Waals surface area contributed by atoms with E-state index in [-0.39, 0.29) is 17.5 Å². The fourth-order valence-corrected chi connectivity index (χ4v) is 2.98. The number of piperidine rings is 1. The number of primary amides is 1. The van der Waals surface area contributed by atoms with Crippen molar-refractivity contribution < 1.29 is 14.0 Å². The van der Waals surface area contributed by atoms with Crippen molar-refractivity contribution in [3.05, 3.63) is 41.6 Å². The summed E-state index contributed by atoms with van der Waals surface area (Å²) in [4.78, 5) is 25.3. The molecule has 4 N–H and O–H groups in total. The second-order valence-electron chi connectivity index (χ2n) is 6.00. The van der Waals surface area contributed by atoms with Crippen molar-refractivity contribution in [1.82, 2.24) is 20.4 Å².